The van der Waals surface area contributed by atoms with Gasteiger partial charge >= 0.3 is 6.03 Å². The molecule has 0 aromatic rings. The Morgan fingerprint density at radius 2 is 2.00 bits per heavy atom. The van der Waals surface area contributed by atoms with Crippen molar-refractivity contribution in [3.05, 3.63) is 0 Å². The SMILES string of the molecule is [N]C(N)=O. The van der Waals surface area contributed by atoms with Crippen molar-refractivity contribution in [2.45, 2.75) is 0 Å². The summed E-state index contributed by atoms with van der Waals surface area (Å²) in [5, 5.41) is 0. The van der Waals surface area contributed by atoms with Crippen LogP contribution < -0.4 is 11.5 Å². The molecule has 0 heterocycles. The molecule has 0 rings (SSSR count). The Kier molecular flexibility index (Phi) is 0.581. The molecule has 0 aliphatic heterocycles. The monoisotopic (exact) mass is 58.0 g/mol. The van der Waals surface area contributed by atoms with Crippen LogP contribution in [0.1, 0.15) is 0 Å². The number of rotatable bonds is 0. The van der Waals surface area contributed by atoms with Crippen molar-refractivity contribution in [1.29, 1.82) is 0 Å². The number of nitrogens with zero attached hydrogens (tertiary/aromatic N) is 1. The van der Waals surface area contributed by atoms with Crippen molar-refractivity contribution in [2.75, 3.05) is 0 Å². The van der Waals surface area contributed by atoms with Gasteiger partial charge in [-0.3, -0.25) is 0 Å². The fourth-order valence-corrected chi connectivity index (χ4v) is 0. The van der Waals surface area contributed by atoms with Gasteiger partial charge in [-0.05, 0) is 0 Å². The number of hydrogen-bond donors (Lipinski definition) is 1. The number of hydrogen-bond acceptors (Lipinski definition) is 1. The van der Waals surface area contributed by atoms with E-state index in [0.717, 1.165) is 0 Å². The first-order valence-corrected chi connectivity index (χ1v) is 0.716. The Hall–Kier alpha value is -0.730. The van der Waals surface area contributed by atoms with Gasteiger partial charge < -0.3 is 5.73 Å². The number of carbonyl (C=O) groups is 1. The van der Waals surface area contributed by atoms with E-state index >= 15 is 0 Å². The highest BCUT2D eigenvalue weighted by Gasteiger charge is 1.68. The molecule has 0 saturated carbocycles. The van der Waals surface area contributed by atoms with E-state index in [4.69, 9.17) is 10.5 Å². The maximum atomic E-state index is 8.78. The Bertz CT molecular complexity index is 29.0. The average molecular weight is 58.0 g/mol. The Balaban J connectivity index is 2.80. The number of nitrogens with two attached hydrogens (primary N) is 1. The zero-order valence-electron chi connectivity index (χ0n) is 1.93. The molecule has 22 valence electrons. The van der Waals surface area contributed by atoms with Crippen LogP contribution in [0, 0.1) is 0 Å². The molecule has 0 atom stereocenters. The first-order chi connectivity index (χ1) is 1.73. The molecule has 0 aliphatic carbocycles. The summed E-state index contributed by atoms with van der Waals surface area (Å²) in [5.41, 5.74) is 11.2. The molecular formula is CH2N2O. The fourth-order valence-electron chi connectivity index (χ4n) is 0. The maximum absolute atomic E-state index is 8.78. The lowest BCUT2D eigenvalue weighted by atomic mass is 11.2. The van der Waals surface area contributed by atoms with Crippen molar-refractivity contribution < 1.29 is 4.79 Å². The van der Waals surface area contributed by atoms with Crippen molar-refractivity contribution in [3.8, 4) is 0 Å². The molecule has 2 N–H and O–H groups in total. The minimum atomic E-state index is -1.33. The lowest BCUT2D eigenvalue weighted by Gasteiger charge is -1.55. The van der Waals surface area contributed by atoms with Crippen LogP contribution in [0.4, 0.5) is 4.79 Å². The van der Waals surface area contributed by atoms with E-state index < -0.39 is 6.03 Å². The second-order valence-corrected chi connectivity index (χ2v) is 0.338. The topological polar surface area (TPSA) is 65.4 Å². The van der Waals surface area contributed by atoms with E-state index in [1.165, 1.54) is 0 Å². The van der Waals surface area contributed by atoms with Gasteiger partial charge in [-0.15, -0.1) is 0 Å². The second-order valence-electron chi connectivity index (χ2n) is 0.338. The zero-order valence-corrected chi connectivity index (χ0v) is 1.93. The summed E-state index contributed by atoms with van der Waals surface area (Å²) >= 11 is 0. The Morgan fingerprint density at radius 3 is 2.00 bits per heavy atom. The van der Waals surface area contributed by atoms with Gasteiger partial charge in [0.2, 0.25) is 0 Å². The van der Waals surface area contributed by atoms with E-state index in [-0.39, 0.29) is 0 Å². The smallest absolute Gasteiger partial charge is 0.348 e. The summed E-state index contributed by atoms with van der Waals surface area (Å²) in [7, 11) is 0. The lowest BCUT2D eigenvalue weighted by molar-refractivity contribution is 0.255. The summed E-state index contributed by atoms with van der Waals surface area (Å²) < 4.78 is 0. The van der Waals surface area contributed by atoms with Crippen molar-refractivity contribution >= 4 is 6.03 Å². The zero-order chi connectivity index (χ0) is 3.58. The minimum absolute atomic E-state index is 1.33. The third-order valence-electron chi connectivity index (χ3n) is 0. The van der Waals surface area contributed by atoms with Crippen LogP contribution in [-0.4, -0.2) is 6.03 Å². The van der Waals surface area contributed by atoms with Gasteiger partial charge in [-0.25, -0.2) is 4.79 Å². The summed E-state index contributed by atoms with van der Waals surface area (Å²) in [5.74, 6) is 0. The molecule has 0 aromatic heterocycles. The first kappa shape index (κ1) is 3.27. The highest BCUT2D eigenvalue weighted by molar-refractivity contribution is 5.68. The van der Waals surface area contributed by atoms with E-state index in [2.05, 4.69) is 5.73 Å². The molecule has 0 unspecified atom stereocenters. The van der Waals surface area contributed by atoms with Crippen LogP contribution >= 0.6 is 0 Å². The Morgan fingerprint density at radius 1 is 2.00 bits per heavy atom. The molecular weight excluding hydrogens is 56.0 g/mol. The summed E-state index contributed by atoms with van der Waals surface area (Å²) in [4.78, 5) is 8.78. The molecule has 0 fully saturated rings. The van der Waals surface area contributed by atoms with Crippen LogP contribution in [0.15, 0.2) is 0 Å². The number of carbonyl (C=O) groups excluding carboxylic acids is 1. The molecule has 2 radical (unpaired) electrons. The first-order valence-electron chi connectivity index (χ1n) is 0.716. The van der Waals surface area contributed by atoms with Crippen molar-refractivity contribution in [2.24, 2.45) is 5.73 Å². The van der Waals surface area contributed by atoms with Gasteiger partial charge in [0.1, 0.15) is 0 Å². The van der Waals surface area contributed by atoms with Gasteiger partial charge in [-0.2, -0.15) is 0 Å². The molecule has 2 amide bonds. The predicted molar refractivity (Wildman–Crippen MR) is 11.7 cm³/mol. The predicted octanol–water partition coefficient (Wildman–Crippen LogP) is -0.866. The molecule has 4 heavy (non-hydrogen) atoms. The molecule has 0 aromatic carbocycles. The molecule has 0 bridgehead atoms. The fraction of sp³-hybridized carbons (Fsp3) is 0. The number of primary amides is 1. The van der Waals surface area contributed by atoms with Gasteiger partial charge in [0, 0.05) is 0 Å². The molecule has 0 saturated heterocycles. The van der Waals surface area contributed by atoms with Crippen LogP contribution in [0.5, 0.6) is 0 Å². The molecule has 3 nitrogen and oxygen atoms in total. The molecule has 0 aliphatic rings. The van der Waals surface area contributed by atoms with Crippen LogP contribution in [0.2, 0.25) is 0 Å². The van der Waals surface area contributed by atoms with Gasteiger partial charge in [0.05, 0.1) is 0 Å². The van der Waals surface area contributed by atoms with E-state index in [1.54, 1.807) is 0 Å². The van der Waals surface area contributed by atoms with Crippen LogP contribution in [-0.2, 0) is 0 Å². The number of urea groups is 1. The van der Waals surface area contributed by atoms with Crippen molar-refractivity contribution in [1.82, 2.24) is 5.73 Å². The van der Waals surface area contributed by atoms with Gasteiger partial charge in [-0.1, -0.05) is 5.73 Å². The maximum Gasteiger partial charge on any atom is 0.357 e. The lowest BCUT2D eigenvalue weighted by Crippen LogP contribution is -2.06. The second kappa shape index (κ2) is 0.711. The van der Waals surface area contributed by atoms with E-state index in [0.29, 0.717) is 0 Å². The minimum Gasteiger partial charge on any atom is -0.348 e. The van der Waals surface area contributed by atoms with Crippen LogP contribution in [0.25, 0.3) is 0 Å². The molecule has 0 spiro atoms. The summed E-state index contributed by atoms with van der Waals surface area (Å²) in [6.45, 7) is 0. The molecule has 3 heteroatoms. The highest BCUT2D eigenvalue weighted by atomic mass is 16.2. The number of amides is 2. The van der Waals surface area contributed by atoms with E-state index in [9.17, 15) is 0 Å². The summed E-state index contributed by atoms with van der Waals surface area (Å²) in [6, 6.07) is -1.33. The largest absolute Gasteiger partial charge is 0.357 e. The van der Waals surface area contributed by atoms with Crippen molar-refractivity contribution in [3.63, 3.8) is 0 Å². The van der Waals surface area contributed by atoms with Gasteiger partial charge in [0.25, 0.3) is 0 Å². The average Bonchev–Trinajstić information content (AvgIpc) is 0.811. The van der Waals surface area contributed by atoms with E-state index in [1.807, 2.05) is 0 Å². The van der Waals surface area contributed by atoms with Crippen LogP contribution in [0.3, 0.4) is 0 Å². The quantitative estimate of drug-likeness (QED) is 0.386. The highest BCUT2D eigenvalue weighted by Crippen LogP contribution is 1.31. The summed E-state index contributed by atoms with van der Waals surface area (Å²) in [6.07, 6.45) is 0. The normalized spacial score (nSPS) is 6.00. The standard InChI is InChI=1S/CH2N2O/c2-1(3)4/h(H2,2,4). The third-order valence-corrected chi connectivity index (χ3v) is 0. The van der Waals surface area contributed by atoms with Gasteiger partial charge in [0.15, 0.2) is 0 Å². The third kappa shape index (κ3) is 0.174. The Labute approximate surface area is 23.6 Å².